The van der Waals surface area contributed by atoms with Crippen LogP contribution in [0.3, 0.4) is 0 Å². The van der Waals surface area contributed by atoms with Gasteiger partial charge in [-0.3, -0.25) is 14.4 Å². The number of aliphatic hydroxyl groups excluding tert-OH is 1. The fourth-order valence-electron chi connectivity index (χ4n) is 6.07. The summed E-state index contributed by atoms with van der Waals surface area (Å²) in [6, 6.07) is -0.836. The van der Waals surface area contributed by atoms with Crippen molar-refractivity contribution in [2.45, 2.75) is 76.0 Å². The normalized spacial score (nSPS) is 36.2. The van der Waals surface area contributed by atoms with Gasteiger partial charge in [0.2, 0.25) is 11.8 Å². The van der Waals surface area contributed by atoms with Gasteiger partial charge in [0.25, 0.3) is 0 Å². The molecule has 4 heterocycles. The molecule has 2 saturated heterocycles. The molecule has 1 N–H and O–H groups in total. The largest absolute Gasteiger partial charge is 0.465 e. The molecule has 0 aromatic rings. The quantitative estimate of drug-likeness (QED) is 0.329. The second-order valence-corrected chi connectivity index (χ2v) is 10.1. The highest BCUT2D eigenvalue weighted by Crippen LogP contribution is 2.57. The van der Waals surface area contributed by atoms with Gasteiger partial charge >= 0.3 is 5.97 Å². The van der Waals surface area contributed by atoms with Gasteiger partial charge in [-0.15, -0.1) is 0 Å². The van der Waals surface area contributed by atoms with Gasteiger partial charge in [-0.2, -0.15) is 0 Å². The zero-order valence-electron chi connectivity index (χ0n) is 20.4. The summed E-state index contributed by atoms with van der Waals surface area (Å²) in [4.78, 5) is 44.6. The number of ether oxygens (including phenoxy) is 2. The van der Waals surface area contributed by atoms with E-state index in [0.29, 0.717) is 39.1 Å². The summed E-state index contributed by atoms with van der Waals surface area (Å²) in [5, 5.41) is 9.28. The Morgan fingerprint density at radius 2 is 1.82 bits per heavy atom. The van der Waals surface area contributed by atoms with Crippen molar-refractivity contribution < 1.29 is 29.0 Å². The Labute approximate surface area is 201 Å². The fourth-order valence-corrected chi connectivity index (χ4v) is 6.07. The molecular formula is C26H38N2O6. The van der Waals surface area contributed by atoms with Crippen molar-refractivity contribution in [2.24, 2.45) is 11.8 Å². The van der Waals surface area contributed by atoms with Crippen LogP contribution in [0.4, 0.5) is 0 Å². The van der Waals surface area contributed by atoms with Crippen LogP contribution in [0, 0.1) is 11.8 Å². The fraction of sp³-hybridized carbons (Fsp3) is 0.731. The Kier molecular flexibility index (Phi) is 7.48. The van der Waals surface area contributed by atoms with E-state index < -0.39 is 35.0 Å². The van der Waals surface area contributed by atoms with Crippen molar-refractivity contribution in [1.82, 2.24) is 9.80 Å². The first-order chi connectivity index (χ1) is 16.4. The maximum absolute atomic E-state index is 14.0. The molecule has 4 aliphatic rings. The van der Waals surface area contributed by atoms with Crippen LogP contribution in [0.2, 0.25) is 0 Å². The minimum absolute atomic E-state index is 0.0204. The number of carbonyl (C=O) groups is 3. The summed E-state index contributed by atoms with van der Waals surface area (Å²) in [6.07, 6.45) is 13.2. The van der Waals surface area contributed by atoms with Crippen molar-refractivity contribution >= 4 is 17.8 Å². The lowest BCUT2D eigenvalue weighted by molar-refractivity contribution is -0.159. The molecule has 0 radical (unpaired) electrons. The minimum Gasteiger partial charge on any atom is -0.465 e. The molecule has 0 bridgehead atoms. The predicted molar refractivity (Wildman–Crippen MR) is 126 cm³/mol. The van der Waals surface area contributed by atoms with Crippen LogP contribution >= 0.6 is 0 Å². The Morgan fingerprint density at radius 1 is 1.03 bits per heavy atom. The summed E-state index contributed by atoms with van der Waals surface area (Å²) in [6.45, 7) is 5.68. The van der Waals surface area contributed by atoms with Crippen LogP contribution in [0.15, 0.2) is 24.3 Å². The number of unbranched alkanes of at least 4 members (excludes halogenated alkanes) is 3. The molecule has 4 aliphatic heterocycles. The highest BCUT2D eigenvalue weighted by Gasteiger charge is 2.74. The summed E-state index contributed by atoms with van der Waals surface area (Å²) >= 11 is 0. The van der Waals surface area contributed by atoms with E-state index in [1.807, 2.05) is 36.1 Å². The number of hydrogen-bond acceptors (Lipinski definition) is 6. The van der Waals surface area contributed by atoms with E-state index in [4.69, 9.17) is 9.47 Å². The Hall–Kier alpha value is -2.19. The summed E-state index contributed by atoms with van der Waals surface area (Å²) < 4.78 is 12.3. The van der Waals surface area contributed by atoms with Crippen LogP contribution in [-0.4, -0.2) is 82.8 Å². The maximum atomic E-state index is 14.0. The number of esters is 1. The van der Waals surface area contributed by atoms with Gasteiger partial charge in [0, 0.05) is 26.2 Å². The van der Waals surface area contributed by atoms with E-state index in [1.54, 1.807) is 4.90 Å². The number of hydrogen-bond donors (Lipinski definition) is 1. The van der Waals surface area contributed by atoms with Gasteiger partial charge in [-0.05, 0) is 39.0 Å². The number of cyclic esters (lactones) is 1. The van der Waals surface area contributed by atoms with Crippen LogP contribution < -0.4 is 0 Å². The van der Waals surface area contributed by atoms with E-state index in [0.717, 1.165) is 32.1 Å². The van der Waals surface area contributed by atoms with Crippen molar-refractivity contribution in [3.05, 3.63) is 24.3 Å². The van der Waals surface area contributed by atoms with Gasteiger partial charge in [0.15, 0.2) is 0 Å². The third kappa shape index (κ3) is 4.19. The van der Waals surface area contributed by atoms with Crippen molar-refractivity contribution in [3.63, 3.8) is 0 Å². The molecule has 188 valence electrons. The summed E-state index contributed by atoms with van der Waals surface area (Å²) in [5.41, 5.74) is -2.27. The number of fused-ring (bicyclic) bond motifs is 2. The Bertz CT molecular complexity index is 856. The predicted octanol–water partition coefficient (Wildman–Crippen LogP) is 2.21. The molecule has 8 heteroatoms. The summed E-state index contributed by atoms with van der Waals surface area (Å²) in [5.74, 6) is -2.47. The molecule has 0 aliphatic carbocycles. The molecule has 0 aromatic heterocycles. The van der Waals surface area contributed by atoms with Crippen molar-refractivity contribution in [2.75, 3.05) is 32.8 Å². The van der Waals surface area contributed by atoms with Crippen LogP contribution in [0.25, 0.3) is 0 Å². The molecule has 2 fully saturated rings. The van der Waals surface area contributed by atoms with Gasteiger partial charge in [-0.25, -0.2) is 0 Å². The summed E-state index contributed by atoms with van der Waals surface area (Å²) in [7, 11) is 0. The number of carbonyl (C=O) groups excluding carboxylic acids is 3. The molecule has 4 rings (SSSR count). The smallest absolute Gasteiger partial charge is 0.313 e. The average Bonchev–Trinajstić information content (AvgIpc) is 3.15. The molecule has 0 saturated carbocycles. The number of amides is 2. The molecule has 0 aromatic carbocycles. The topological polar surface area (TPSA) is 96.4 Å². The first-order valence-electron chi connectivity index (χ1n) is 12.8. The highest BCUT2D eigenvalue weighted by molar-refractivity contribution is 5.99. The van der Waals surface area contributed by atoms with Gasteiger partial charge < -0.3 is 24.4 Å². The van der Waals surface area contributed by atoms with Gasteiger partial charge in [0.05, 0.1) is 18.1 Å². The monoisotopic (exact) mass is 474 g/mol. The molecule has 5 atom stereocenters. The number of nitrogens with zero attached hydrogens (tertiary/aromatic N) is 2. The zero-order chi connectivity index (χ0) is 24.3. The molecular weight excluding hydrogens is 436 g/mol. The molecule has 2 amide bonds. The lowest BCUT2D eigenvalue weighted by Gasteiger charge is -2.37. The first kappa shape index (κ1) is 24.9. The molecule has 34 heavy (non-hydrogen) atoms. The van der Waals surface area contributed by atoms with Crippen LogP contribution in [0.1, 0.15) is 58.8 Å². The second kappa shape index (κ2) is 10.2. The maximum Gasteiger partial charge on any atom is 0.313 e. The zero-order valence-corrected chi connectivity index (χ0v) is 20.4. The Morgan fingerprint density at radius 3 is 2.59 bits per heavy atom. The van der Waals surface area contributed by atoms with Crippen molar-refractivity contribution in [3.8, 4) is 0 Å². The number of rotatable bonds is 8. The second-order valence-electron chi connectivity index (χ2n) is 10.1. The van der Waals surface area contributed by atoms with E-state index in [-0.39, 0.29) is 18.4 Å². The number of allylic oxidation sites excluding steroid dienone is 1. The van der Waals surface area contributed by atoms with Crippen LogP contribution in [0.5, 0.6) is 0 Å². The van der Waals surface area contributed by atoms with E-state index in [1.165, 1.54) is 0 Å². The van der Waals surface area contributed by atoms with E-state index in [9.17, 15) is 19.5 Å². The number of likely N-dealkylation sites (tertiary alicyclic amines) is 1. The highest BCUT2D eigenvalue weighted by atomic mass is 16.6. The van der Waals surface area contributed by atoms with Crippen molar-refractivity contribution in [1.29, 1.82) is 0 Å². The lowest BCUT2D eigenvalue weighted by atomic mass is 9.74. The standard InChI is InChI=1S/C26H38N2O6/c1-3-4-7-14-27-15-11-13-26-19(22(30)28(16-8-9-17-29)21(26)23(27)31)20-24(32)33-18-10-5-6-12-25(20,2)34-26/h6,11-13,19-21,29H,3-5,7-10,14-18H2,1-2H3/b12-6-/t19-,20+,21?,25-,26-/m0/s1. The van der Waals surface area contributed by atoms with E-state index in [2.05, 4.69) is 6.92 Å². The molecule has 8 nitrogen and oxygen atoms in total. The SMILES string of the molecule is CCCCCN1CC=C[C@]23O[C@@]4(C)/C=C\CCCOC(=O)[C@H]4[C@H]2C(=O)N(CCCCO)C3C1=O. The third-order valence-corrected chi connectivity index (χ3v) is 7.67. The minimum atomic E-state index is -1.23. The molecule has 1 spiro atoms. The first-order valence-corrected chi connectivity index (χ1v) is 12.8. The molecule has 1 unspecified atom stereocenters. The third-order valence-electron chi connectivity index (χ3n) is 7.67. The van der Waals surface area contributed by atoms with Gasteiger partial charge in [0.1, 0.15) is 17.6 Å². The lowest BCUT2D eigenvalue weighted by Crippen LogP contribution is -2.56. The Balaban J connectivity index is 1.76. The average molecular weight is 475 g/mol. The van der Waals surface area contributed by atoms with Gasteiger partial charge in [-0.1, -0.05) is 44.1 Å². The van der Waals surface area contributed by atoms with Crippen LogP contribution in [-0.2, 0) is 23.9 Å². The van der Waals surface area contributed by atoms with E-state index >= 15 is 0 Å². The number of aliphatic hydroxyl groups is 1.